The maximum Gasteiger partial charge on any atom is 0.219 e. The third-order valence-electron chi connectivity index (χ3n) is 2.28. The Hall–Kier alpha value is -1.71. The molecule has 0 bridgehead atoms. The molecule has 0 aliphatic heterocycles. The van der Waals surface area contributed by atoms with Crippen LogP contribution in [0.1, 0.15) is 18.9 Å². The van der Waals surface area contributed by atoms with E-state index in [0.29, 0.717) is 24.5 Å². The number of rotatable bonds is 5. The van der Waals surface area contributed by atoms with Crippen LogP contribution in [0.15, 0.2) is 18.2 Å². The van der Waals surface area contributed by atoms with Crippen LogP contribution in [-0.2, 0) is 11.3 Å². The minimum atomic E-state index is 0.0184. The number of carbonyl (C=O) groups is 1. The summed E-state index contributed by atoms with van der Waals surface area (Å²) in [6.07, 6.45) is 0.478. The van der Waals surface area contributed by atoms with Crippen molar-refractivity contribution in [2.45, 2.75) is 19.9 Å². The summed E-state index contributed by atoms with van der Waals surface area (Å²) in [5.74, 6) is 1.36. The molecule has 0 saturated heterocycles. The van der Waals surface area contributed by atoms with Gasteiger partial charge in [0.1, 0.15) is 0 Å². The second-order valence-electron chi connectivity index (χ2n) is 3.28. The molecule has 0 saturated carbocycles. The fraction of sp³-hybridized carbons (Fsp3) is 0.417. The van der Waals surface area contributed by atoms with Crippen molar-refractivity contribution in [1.82, 2.24) is 5.32 Å². The Kier molecular flexibility index (Phi) is 4.64. The number of para-hydroxylation sites is 1. The first-order valence-corrected chi connectivity index (χ1v) is 5.19. The van der Waals surface area contributed by atoms with Crippen LogP contribution >= 0.6 is 0 Å². The van der Waals surface area contributed by atoms with Gasteiger partial charge in [0, 0.05) is 18.5 Å². The Morgan fingerprint density at radius 2 is 2.06 bits per heavy atom. The lowest BCUT2D eigenvalue weighted by molar-refractivity contribution is -0.120. The van der Waals surface area contributed by atoms with E-state index in [1.54, 1.807) is 14.2 Å². The number of methoxy groups -OCH3 is 2. The van der Waals surface area contributed by atoms with E-state index in [9.17, 15) is 4.79 Å². The van der Waals surface area contributed by atoms with Crippen molar-refractivity contribution in [1.29, 1.82) is 0 Å². The summed E-state index contributed by atoms with van der Waals surface area (Å²) in [5.41, 5.74) is 0.906. The first-order chi connectivity index (χ1) is 7.72. The topological polar surface area (TPSA) is 47.6 Å². The molecule has 1 aromatic carbocycles. The maximum absolute atomic E-state index is 11.2. The summed E-state index contributed by atoms with van der Waals surface area (Å²) in [7, 11) is 3.18. The van der Waals surface area contributed by atoms with Crippen LogP contribution in [0.3, 0.4) is 0 Å². The minimum absolute atomic E-state index is 0.0184. The maximum atomic E-state index is 11.2. The zero-order valence-electron chi connectivity index (χ0n) is 9.87. The number of carbonyl (C=O) groups excluding carboxylic acids is 1. The monoisotopic (exact) mass is 223 g/mol. The van der Waals surface area contributed by atoms with Gasteiger partial charge >= 0.3 is 0 Å². The first kappa shape index (κ1) is 12.4. The fourth-order valence-electron chi connectivity index (χ4n) is 1.41. The molecule has 88 valence electrons. The number of hydrogen-bond acceptors (Lipinski definition) is 3. The van der Waals surface area contributed by atoms with E-state index in [1.165, 1.54) is 0 Å². The average Bonchev–Trinajstić information content (AvgIpc) is 2.34. The second kappa shape index (κ2) is 6.00. The van der Waals surface area contributed by atoms with Crippen LogP contribution in [0.25, 0.3) is 0 Å². The van der Waals surface area contributed by atoms with Gasteiger partial charge in [0.2, 0.25) is 5.91 Å². The largest absolute Gasteiger partial charge is 0.493 e. The zero-order valence-corrected chi connectivity index (χ0v) is 9.87. The molecule has 1 rings (SSSR count). The fourth-order valence-corrected chi connectivity index (χ4v) is 1.41. The summed E-state index contributed by atoms with van der Waals surface area (Å²) in [6.45, 7) is 2.27. The molecule has 0 aliphatic rings. The summed E-state index contributed by atoms with van der Waals surface area (Å²) >= 11 is 0. The van der Waals surface area contributed by atoms with Gasteiger partial charge in [-0.05, 0) is 6.07 Å². The van der Waals surface area contributed by atoms with Gasteiger partial charge < -0.3 is 14.8 Å². The van der Waals surface area contributed by atoms with Crippen molar-refractivity contribution in [3.05, 3.63) is 23.8 Å². The molecule has 1 aromatic rings. The van der Waals surface area contributed by atoms with E-state index < -0.39 is 0 Å². The van der Waals surface area contributed by atoms with E-state index in [1.807, 2.05) is 25.1 Å². The Bertz CT molecular complexity index is 363. The van der Waals surface area contributed by atoms with Crippen LogP contribution in [0, 0.1) is 0 Å². The van der Waals surface area contributed by atoms with Gasteiger partial charge in [0.15, 0.2) is 11.5 Å². The Morgan fingerprint density at radius 3 is 2.62 bits per heavy atom. The molecule has 0 radical (unpaired) electrons. The minimum Gasteiger partial charge on any atom is -0.493 e. The number of amides is 1. The van der Waals surface area contributed by atoms with Crippen LogP contribution in [0.5, 0.6) is 11.5 Å². The first-order valence-electron chi connectivity index (χ1n) is 5.19. The Labute approximate surface area is 95.6 Å². The average molecular weight is 223 g/mol. The predicted octanol–water partition coefficient (Wildman–Crippen LogP) is 1.73. The summed E-state index contributed by atoms with van der Waals surface area (Å²) in [6, 6.07) is 5.59. The standard InChI is InChI=1S/C12H17NO3/c1-4-11(14)13-8-9-6-5-7-10(15-2)12(9)16-3/h5-7H,4,8H2,1-3H3,(H,13,14). The molecule has 0 atom stereocenters. The predicted molar refractivity (Wildman–Crippen MR) is 61.7 cm³/mol. The molecule has 0 aromatic heterocycles. The summed E-state index contributed by atoms with van der Waals surface area (Å²) in [4.78, 5) is 11.2. The van der Waals surface area contributed by atoms with Crippen molar-refractivity contribution in [3.63, 3.8) is 0 Å². The molecule has 0 aliphatic carbocycles. The van der Waals surface area contributed by atoms with Gasteiger partial charge in [0.05, 0.1) is 14.2 Å². The smallest absolute Gasteiger partial charge is 0.219 e. The lowest BCUT2D eigenvalue weighted by Gasteiger charge is -2.12. The summed E-state index contributed by atoms with van der Waals surface area (Å²) < 4.78 is 10.4. The van der Waals surface area contributed by atoms with Crippen LogP contribution < -0.4 is 14.8 Å². The van der Waals surface area contributed by atoms with E-state index in [-0.39, 0.29) is 5.91 Å². The normalized spacial score (nSPS) is 9.69. The van der Waals surface area contributed by atoms with Crippen molar-refractivity contribution in [2.75, 3.05) is 14.2 Å². The molecule has 4 heteroatoms. The van der Waals surface area contributed by atoms with E-state index in [4.69, 9.17) is 9.47 Å². The highest BCUT2D eigenvalue weighted by molar-refractivity contribution is 5.75. The highest BCUT2D eigenvalue weighted by Crippen LogP contribution is 2.30. The molecule has 4 nitrogen and oxygen atoms in total. The van der Waals surface area contributed by atoms with Gasteiger partial charge in [-0.2, -0.15) is 0 Å². The number of ether oxygens (including phenoxy) is 2. The molecular formula is C12H17NO3. The third-order valence-corrected chi connectivity index (χ3v) is 2.28. The van der Waals surface area contributed by atoms with E-state index in [0.717, 1.165) is 5.56 Å². The molecule has 0 fully saturated rings. The van der Waals surface area contributed by atoms with E-state index >= 15 is 0 Å². The Balaban J connectivity index is 2.82. The van der Waals surface area contributed by atoms with Gasteiger partial charge in [0.25, 0.3) is 0 Å². The zero-order chi connectivity index (χ0) is 12.0. The summed E-state index contributed by atoms with van der Waals surface area (Å²) in [5, 5.41) is 2.80. The van der Waals surface area contributed by atoms with Crippen LogP contribution in [0.2, 0.25) is 0 Å². The molecular weight excluding hydrogens is 206 g/mol. The molecule has 0 heterocycles. The number of hydrogen-bond donors (Lipinski definition) is 1. The lowest BCUT2D eigenvalue weighted by atomic mass is 10.2. The quantitative estimate of drug-likeness (QED) is 0.827. The number of nitrogens with one attached hydrogen (secondary N) is 1. The van der Waals surface area contributed by atoms with Crippen molar-refractivity contribution >= 4 is 5.91 Å². The second-order valence-corrected chi connectivity index (χ2v) is 3.28. The highest BCUT2D eigenvalue weighted by atomic mass is 16.5. The van der Waals surface area contributed by atoms with Gasteiger partial charge in [-0.1, -0.05) is 19.1 Å². The van der Waals surface area contributed by atoms with Crippen molar-refractivity contribution < 1.29 is 14.3 Å². The lowest BCUT2D eigenvalue weighted by Crippen LogP contribution is -2.21. The van der Waals surface area contributed by atoms with Crippen LogP contribution in [0.4, 0.5) is 0 Å². The van der Waals surface area contributed by atoms with Crippen molar-refractivity contribution in [2.24, 2.45) is 0 Å². The number of benzene rings is 1. The van der Waals surface area contributed by atoms with E-state index in [2.05, 4.69) is 5.32 Å². The molecule has 16 heavy (non-hydrogen) atoms. The van der Waals surface area contributed by atoms with Gasteiger partial charge in [-0.25, -0.2) is 0 Å². The van der Waals surface area contributed by atoms with Gasteiger partial charge in [-0.15, -0.1) is 0 Å². The molecule has 0 spiro atoms. The van der Waals surface area contributed by atoms with Gasteiger partial charge in [-0.3, -0.25) is 4.79 Å². The SMILES string of the molecule is CCC(=O)NCc1cccc(OC)c1OC. The molecule has 0 unspecified atom stereocenters. The van der Waals surface area contributed by atoms with Crippen LogP contribution in [-0.4, -0.2) is 20.1 Å². The highest BCUT2D eigenvalue weighted by Gasteiger charge is 2.09. The Morgan fingerprint density at radius 1 is 1.31 bits per heavy atom. The third kappa shape index (κ3) is 2.89. The molecule has 1 amide bonds. The van der Waals surface area contributed by atoms with Crippen molar-refractivity contribution in [3.8, 4) is 11.5 Å². The molecule has 1 N–H and O–H groups in total.